The topological polar surface area (TPSA) is 45.1 Å². The van der Waals surface area contributed by atoms with E-state index in [2.05, 4.69) is 4.90 Å². The van der Waals surface area contributed by atoms with Crippen LogP contribution in [-0.2, 0) is 9.53 Å². The summed E-state index contributed by atoms with van der Waals surface area (Å²) in [6, 6.07) is 15.4. The molecule has 4 rings (SSSR count). The van der Waals surface area contributed by atoms with Gasteiger partial charge in [0.25, 0.3) is 5.91 Å². The molecule has 0 N–H and O–H groups in total. The summed E-state index contributed by atoms with van der Waals surface area (Å²) in [6.07, 6.45) is 1.85. The molecule has 0 saturated carbocycles. The average molecular weight is 382 g/mol. The molecule has 1 fully saturated rings. The van der Waals surface area contributed by atoms with Gasteiger partial charge in [0.15, 0.2) is 0 Å². The van der Waals surface area contributed by atoms with Gasteiger partial charge in [-0.05, 0) is 18.2 Å². The van der Waals surface area contributed by atoms with Crippen LogP contribution in [0.1, 0.15) is 11.1 Å². The quantitative estimate of drug-likeness (QED) is 0.749. The van der Waals surface area contributed by atoms with Crippen LogP contribution < -0.4 is 4.90 Å². The zero-order valence-electron chi connectivity index (χ0n) is 15.1. The highest BCUT2D eigenvalue weighted by atomic mass is 35.5. The van der Waals surface area contributed by atoms with Gasteiger partial charge in [-0.25, -0.2) is 4.99 Å². The fraction of sp³-hybridized carbons (Fsp3) is 0.238. The van der Waals surface area contributed by atoms with Crippen molar-refractivity contribution in [2.75, 3.05) is 38.3 Å². The minimum atomic E-state index is -0.143. The van der Waals surface area contributed by atoms with Crippen LogP contribution in [0.25, 0.3) is 0 Å². The summed E-state index contributed by atoms with van der Waals surface area (Å²) < 4.78 is 5.40. The molecule has 0 radical (unpaired) electrons. The Morgan fingerprint density at radius 2 is 1.85 bits per heavy atom. The zero-order valence-corrected chi connectivity index (χ0v) is 15.8. The molecular weight excluding hydrogens is 362 g/mol. The first-order valence-corrected chi connectivity index (χ1v) is 9.27. The monoisotopic (exact) mass is 381 g/mol. The molecule has 5 nitrogen and oxygen atoms in total. The Kier molecular flexibility index (Phi) is 4.97. The number of ether oxygens (including phenoxy) is 1. The molecule has 0 spiro atoms. The number of fused-ring (bicyclic) bond motifs is 1. The number of halogens is 1. The van der Waals surface area contributed by atoms with Crippen molar-refractivity contribution < 1.29 is 9.53 Å². The molecule has 138 valence electrons. The lowest BCUT2D eigenvalue weighted by molar-refractivity contribution is -0.115. The second kappa shape index (κ2) is 7.55. The summed E-state index contributed by atoms with van der Waals surface area (Å²) in [5.74, 6) is -0.143. The highest BCUT2D eigenvalue weighted by Crippen LogP contribution is 2.31. The standard InChI is InChI=1S/C21H20ClN3O2/c1-24-19-8-7-16(22)13-17(19)20(15-5-3-2-4-6-15)23-18(21(24)26)14-25-9-11-27-12-10-25/h2-8,13-14H,9-12H2,1H3/b18-14+. The number of hydrogen-bond acceptors (Lipinski definition) is 4. The van der Waals surface area contributed by atoms with Crippen LogP contribution in [0.5, 0.6) is 0 Å². The fourth-order valence-electron chi connectivity index (χ4n) is 3.28. The number of nitrogens with zero attached hydrogens (tertiary/aromatic N) is 3. The molecule has 6 heteroatoms. The average Bonchev–Trinajstić information content (AvgIpc) is 2.80. The van der Waals surface area contributed by atoms with E-state index in [-0.39, 0.29) is 5.91 Å². The van der Waals surface area contributed by atoms with E-state index in [1.54, 1.807) is 18.0 Å². The second-order valence-corrected chi connectivity index (χ2v) is 6.95. The summed E-state index contributed by atoms with van der Waals surface area (Å²) in [6.45, 7) is 2.79. The normalized spacial score (nSPS) is 19.0. The predicted molar refractivity (Wildman–Crippen MR) is 107 cm³/mol. The van der Waals surface area contributed by atoms with Gasteiger partial charge >= 0.3 is 0 Å². The first-order chi connectivity index (χ1) is 13.1. The molecular formula is C21H20ClN3O2. The molecule has 1 amide bonds. The molecule has 0 aromatic heterocycles. The largest absolute Gasteiger partial charge is 0.378 e. The molecule has 1 saturated heterocycles. The first-order valence-electron chi connectivity index (χ1n) is 8.89. The summed E-state index contributed by atoms with van der Waals surface area (Å²) in [7, 11) is 1.77. The number of morpholine rings is 1. The van der Waals surface area contributed by atoms with Crippen LogP contribution in [0.4, 0.5) is 5.69 Å². The minimum absolute atomic E-state index is 0.143. The second-order valence-electron chi connectivity index (χ2n) is 6.51. The Bertz CT molecular complexity index is 918. The zero-order chi connectivity index (χ0) is 18.8. The third-order valence-electron chi connectivity index (χ3n) is 4.73. The van der Waals surface area contributed by atoms with Gasteiger partial charge < -0.3 is 14.5 Å². The van der Waals surface area contributed by atoms with Crippen LogP contribution in [0.15, 0.2) is 65.4 Å². The lowest BCUT2D eigenvalue weighted by atomic mass is 10.0. The van der Waals surface area contributed by atoms with Gasteiger partial charge in [0, 0.05) is 42.5 Å². The van der Waals surface area contributed by atoms with Crippen molar-refractivity contribution in [1.29, 1.82) is 0 Å². The van der Waals surface area contributed by atoms with E-state index in [4.69, 9.17) is 21.3 Å². The van der Waals surface area contributed by atoms with E-state index >= 15 is 0 Å². The van der Waals surface area contributed by atoms with Gasteiger partial charge in [-0.15, -0.1) is 0 Å². The lowest BCUT2D eigenvalue weighted by Crippen LogP contribution is -2.34. The number of aliphatic imine (C=N–C) groups is 1. The third-order valence-corrected chi connectivity index (χ3v) is 4.96. The van der Waals surface area contributed by atoms with Gasteiger partial charge in [0.2, 0.25) is 0 Å². The Morgan fingerprint density at radius 3 is 2.59 bits per heavy atom. The Hall–Kier alpha value is -2.63. The number of rotatable bonds is 2. The summed E-state index contributed by atoms with van der Waals surface area (Å²) in [5.41, 5.74) is 3.72. The van der Waals surface area contributed by atoms with Crippen molar-refractivity contribution >= 4 is 28.9 Å². The third kappa shape index (κ3) is 3.61. The molecule has 2 aromatic rings. The van der Waals surface area contributed by atoms with Crippen molar-refractivity contribution in [3.05, 3.63) is 76.6 Å². The van der Waals surface area contributed by atoms with Gasteiger partial charge in [0.1, 0.15) is 5.70 Å². The molecule has 0 unspecified atom stereocenters. The summed E-state index contributed by atoms with van der Waals surface area (Å²) in [4.78, 5) is 21.6. The van der Waals surface area contributed by atoms with Crippen LogP contribution in [-0.4, -0.2) is 49.9 Å². The maximum absolute atomic E-state index is 13.1. The van der Waals surface area contributed by atoms with Crippen LogP contribution in [0.2, 0.25) is 5.02 Å². The number of hydrogen-bond donors (Lipinski definition) is 0. The lowest BCUT2D eigenvalue weighted by Gasteiger charge is -2.26. The maximum Gasteiger partial charge on any atom is 0.278 e. The number of benzene rings is 2. The van der Waals surface area contributed by atoms with Crippen molar-refractivity contribution in [2.24, 2.45) is 4.99 Å². The van der Waals surface area contributed by atoms with E-state index in [9.17, 15) is 4.79 Å². The Morgan fingerprint density at radius 1 is 1.11 bits per heavy atom. The Balaban J connectivity index is 1.88. The van der Waals surface area contributed by atoms with E-state index in [1.807, 2.05) is 48.7 Å². The Labute approximate surface area is 163 Å². The van der Waals surface area contributed by atoms with E-state index in [0.29, 0.717) is 23.9 Å². The first kappa shape index (κ1) is 17.8. The number of likely N-dealkylation sites (N-methyl/N-ethyl adjacent to an activating group) is 1. The number of anilines is 1. The molecule has 27 heavy (non-hydrogen) atoms. The van der Waals surface area contributed by atoms with Gasteiger partial charge in [-0.1, -0.05) is 41.9 Å². The highest BCUT2D eigenvalue weighted by Gasteiger charge is 2.27. The minimum Gasteiger partial charge on any atom is -0.378 e. The smallest absolute Gasteiger partial charge is 0.278 e. The SMILES string of the molecule is CN1C(=O)/C(=C\N2CCOCC2)N=C(c2ccccc2)c2cc(Cl)ccc21. The fourth-order valence-corrected chi connectivity index (χ4v) is 3.45. The molecule has 0 atom stereocenters. The van der Waals surface area contributed by atoms with E-state index < -0.39 is 0 Å². The van der Waals surface area contributed by atoms with E-state index in [0.717, 1.165) is 35.6 Å². The molecule has 2 aliphatic heterocycles. The number of benzodiazepines with no additional fused rings is 1. The van der Waals surface area contributed by atoms with E-state index in [1.165, 1.54) is 0 Å². The highest BCUT2D eigenvalue weighted by molar-refractivity contribution is 6.32. The number of amides is 1. The van der Waals surface area contributed by atoms with Gasteiger partial charge in [-0.3, -0.25) is 4.79 Å². The summed E-state index contributed by atoms with van der Waals surface area (Å²) in [5, 5.41) is 0.610. The maximum atomic E-state index is 13.1. The van der Waals surface area contributed by atoms with Crippen LogP contribution >= 0.6 is 11.6 Å². The van der Waals surface area contributed by atoms with Crippen LogP contribution in [0.3, 0.4) is 0 Å². The van der Waals surface area contributed by atoms with Gasteiger partial charge in [-0.2, -0.15) is 0 Å². The van der Waals surface area contributed by atoms with Crippen molar-refractivity contribution in [3.8, 4) is 0 Å². The summed E-state index contributed by atoms with van der Waals surface area (Å²) >= 11 is 6.26. The number of carbonyl (C=O) groups excluding carboxylic acids is 1. The van der Waals surface area contributed by atoms with Crippen molar-refractivity contribution in [1.82, 2.24) is 4.90 Å². The molecule has 2 aliphatic rings. The molecule has 2 aromatic carbocycles. The van der Waals surface area contributed by atoms with Crippen LogP contribution in [0, 0.1) is 0 Å². The van der Waals surface area contributed by atoms with Crippen molar-refractivity contribution in [2.45, 2.75) is 0 Å². The number of carbonyl (C=O) groups is 1. The predicted octanol–water partition coefficient (Wildman–Crippen LogP) is 3.33. The van der Waals surface area contributed by atoms with Gasteiger partial charge in [0.05, 0.1) is 24.6 Å². The molecule has 0 aliphatic carbocycles. The molecule has 2 heterocycles. The van der Waals surface area contributed by atoms with Crippen molar-refractivity contribution in [3.63, 3.8) is 0 Å². The molecule has 0 bridgehead atoms.